The average molecular weight is 445 g/mol. The molecule has 0 bridgehead atoms. The van der Waals surface area contributed by atoms with Crippen LogP contribution in [0.15, 0.2) is 78.0 Å². The number of sulfone groups is 1. The van der Waals surface area contributed by atoms with Crippen molar-refractivity contribution in [1.82, 2.24) is 10.3 Å². The minimum atomic E-state index is -3.75. The van der Waals surface area contributed by atoms with Crippen LogP contribution in [0.1, 0.15) is 16.4 Å². The summed E-state index contributed by atoms with van der Waals surface area (Å²) in [7, 11) is -3.75. The van der Waals surface area contributed by atoms with Gasteiger partial charge in [-0.05, 0) is 55.0 Å². The van der Waals surface area contributed by atoms with Crippen molar-refractivity contribution in [1.29, 1.82) is 0 Å². The molecule has 0 saturated heterocycles. The minimum absolute atomic E-state index is 0.106. The number of nitrogens with one attached hydrogen (secondary N) is 1. The predicted molar refractivity (Wildman–Crippen MR) is 115 cm³/mol. The van der Waals surface area contributed by atoms with Gasteiger partial charge in [0.1, 0.15) is 11.0 Å². The van der Waals surface area contributed by atoms with Crippen molar-refractivity contribution in [2.75, 3.05) is 13.2 Å². The molecule has 0 spiro atoms. The Hall–Kier alpha value is -2.90. The van der Waals surface area contributed by atoms with Crippen LogP contribution >= 0.6 is 11.6 Å². The van der Waals surface area contributed by atoms with E-state index in [9.17, 15) is 13.2 Å². The van der Waals surface area contributed by atoms with Crippen LogP contribution in [0, 0.1) is 6.92 Å². The Morgan fingerprint density at radius 3 is 2.43 bits per heavy atom. The van der Waals surface area contributed by atoms with E-state index in [-0.39, 0.29) is 18.0 Å². The van der Waals surface area contributed by atoms with Crippen molar-refractivity contribution in [2.24, 2.45) is 0 Å². The molecule has 0 aliphatic rings. The number of hydrogen-bond donors (Lipinski definition) is 1. The molecular formula is C22H21ClN2O4S. The molecule has 2 aromatic carbocycles. The number of hydrogen-bond acceptors (Lipinski definition) is 5. The Kier molecular flexibility index (Phi) is 7.07. The topological polar surface area (TPSA) is 85.4 Å². The summed E-state index contributed by atoms with van der Waals surface area (Å²) in [4.78, 5) is 16.5. The molecule has 0 fully saturated rings. The third kappa shape index (κ3) is 5.58. The van der Waals surface area contributed by atoms with Gasteiger partial charge in [-0.15, -0.1) is 0 Å². The number of carbonyl (C=O) groups excluding carboxylic acids is 1. The molecule has 1 N–H and O–H groups in total. The summed E-state index contributed by atoms with van der Waals surface area (Å²) < 4.78 is 31.9. The van der Waals surface area contributed by atoms with Crippen molar-refractivity contribution >= 4 is 27.3 Å². The van der Waals surface area contributed by atoms with E-state index in [4.69, 9.17) is 16.3 Å². The lowest BCUT2D eigenvalue weighted by atomic mass is 10.2. The molecule has 30 heavy (non-hydrogen) atoms. The van der Waals surface area contributed by atoms with Crippen LogP contribution in [0.5, 0.6) is 5.75 Å². The number of aromatic nitrogens is 1. The summed E-state index contributed by atoms with van der Waals surface area (Å²) in [5, 5.41) is 2.24. The lowest BCUT2D eigenvalue weighted by Gasteiger charge is -2.19. The molecular weight excluding hydrogens is 424 g/mol. The van der Waals surface area contributed by atoms with Crippen molar-refractivity contribution < 1.29 is 17.9 Å². The SMILES string of the molecule is Cc1ccc(S(=O)(=O)[C@H](CNC(=O)COc2ccc(Cl)cc2)c2cccnc2)cc1. The second-order valence-electron chi connectivity index (χ2n) is 6.68. The van der Waals surface area contributed by atoms with E-state index in [0.29, 0.717) is 16.3 Å². The van der Waals surface area contributed by atoms with Crippen LogP contribution in [-0.2, 0) is 14.6 Å². The van der Waals surface area contributed by atoms with Crippen LogP contribution < -0.4 is 10.1 Å². The maximum Gasteiger partial charge on any atom is 0.257 e. The van der Waals surface area contributed by atoms with E-state index >= 15 is 0 Å². The first-order chi connectivity index (χ1) is 14.4. The molecule has 0 aliphatic heterocycles. The number of amides is 1. The Morgan fingerprint density at radius 2 is 1.80 bits per heavy atom. The predicted octanol–water partition coefficient (Wildman–Crippen LogP) is 3.75. The standard InChI is InChI=1S/C22H21ClN2O4S/c1-16-4-10-20(11-5-16)30(27,28)21(17-3-2-12-24-13-17)14-25-22(26)15-29-19-8-6-18(23)7-9-19/h2-13,21H,14-15H2,1H3,(H,25,26)/t21-/m1/s1. The molecule has 3 rings (SSSR count). The van der Waals surface area contributed by atoms with Crippen LogP contribution in [0.2, 0.25) is 5.02 Å². The number of rotatable bonds is 8. The monoisotopic (exact) mass is 444 g/mol. The largest absolute Gasteiger partial charge is 0.484 e. The molecule has 1 aromatic heterocycles. The molecule has 0 unspecified atom stereocenters. The normalized spacial score (nSPS) is 12.2. The maximum absolute atomic E-state index is 13.2. The van der Waals surface area contributed by atoms with Gasteiger partial charge in [0.25, 0.3) is 5.91 Å². The van der Waals surface area contributed by atoms with Crippen LogP contribution in [-0.4, -0.2) is 32.5 Å². The number of pyridine rings is 1. The fraction of sp³-hybridized carbons (Fsp3) is 0.182. The maximum atomic E-state index is 13.2. The Labute approximate surface area is 180 Å². The highest BCUT2D eigenvalue weighted by Gasteiger charge is 2.29. The number of benzene rings is 2. The zero-order chi connectivity index (χ0) is 21.6. The smallest absolute Gasteiger partial charge is 0.257 e. The van der Waals surface area contributed by atoms with E-state index in [1.807, 2.05) is 6.92 Å². The van der Waals surface area contributed by atoms with Crippen LogP contribution in [0.25, 0.3) is 0 Å². The summed E-state index contributed by atoms with van der Waals surface area (Å²) in [6.45, 7) is 1.53. The van der Waals surface area contributed by atoms with Gasteiger partial charge < -0.3 is 10.1 Å². The van der Waals surface area contributed by atoms with E-state index in [1.165, 1.54) is 6.20 Å². The molecule has 3 aromatic rings. The molecule has 8 heteroatoms. The van der Waals surface area contributed by atoms with Gasteiger partial charge in [-0.1, -0.05) is 35.4 Å². The lowest BCUT2D eigenvalue weighted by Crippen LogP contribution is -2.35. The number of nitrogens with zero attached hydrogens (tertiary/aromatic N) is 1. The Balaban J connectivity index is 1.72. The highest BCUT2D eigenvalue weighted by Crippen LogP contribution is 2.28. The Bertz CT molecular complexity index is 1090. The van der Waals surface area contributed by atoms with Crippen LogP contribution in [0.3, 0.4) is 0 Å². The zero-order valence-electron chi connectivity index (χ0n) is 16.3. The second kappa shape index (κ2) is 9.73. The molecule has 1 amide bonds. The number of halogens is 1. The quantitative estimate of drug-likeness (QED) is 0.571. The first-order valence-corrected chi connectivity index (χ1v) is 11.1. The van der Waals surface area contributed by atoms with E-state index in [1.54, 1.807) is 66.9 Å². The van der Waals surface area contributed by atoms with Crippen LogP contribution in [0.4, 0.5) is 0 Å². The van der Waals surface area contributed by atoms with E-state index < -0.39 is 21.0 Å². The van der Waals surface area contributed by atoms with Gasteiger partial charge in [0.15, 0.2) is 16.4 Å². The lowest BCUT2D eigenvalue weighted by molar-refractivity contribution is -0.123. The average Bonchev–Trinajstić information content (AvgIpc) is 2.74. The zero-order valence-corrected chi connectivity index (χ0v) is 17.9. The summed E-state index contributed by atoms with van der Waals surface area (Å²) in [6, 6.07) is 16.6. The highest BCUT2D eigenvalue weighted by molar-refractivity contribution is 7.91. The number of carbonyl (C=O) groups is 1. The molecule has 0 radical (unpaired) electrons. The fourth-order valence-corrected chi connectivity index (χ4v) is 4.57. The van der Waals surface area contributed by atoms with Crippen molar-refractivity contribution in [3.05, 3.63) is 89.2 Å². The van der Waals surface area contributed by atoms with Crippen molar-refractivity contribution in [3.8, 4) is 5.75 Å². The number of ether oxygens (including phenoxy) is 1. The molecule has 0 aliphatic carbocycles. The fourth-order valence-electron chi connectivity index (χ4n) is 2.80. The first kappa shape index (κ1) is 21.8. The summed E-state index contributed by atoms with van der Waals surface area (Å²) >= 11 is 5.82. The van der Waals surface area contributed by atoms with Gasteiger partial charge in [-0.25, -0.2) is 8.42 Å². The molecule has 0 saturated carbocycles. The molecule has 156 valence electrons. The summed E-state index contributed by atoms with van der Waals surface area (Å²) in [5.74, 6) is 0.0589. The molecule has 1 atom stereocenters. The van der Waals surface area contributed by atoms with Gasteiger partial charge in [0.2, 0.25) is 0 Å². The summed E-state index contributed by atoms with van der Waals surface area (Å²) in [6.07, 6.45) is 3.06. The van der Waals surface area contributed by atoms with E-state index in [0.717, 1.165) is 5.56 Å². The minimum Gasteiger partial charge on any atom is -0.484 e. The van der Waals surface area contributed by atoms with Gasteiger partial charge in [0.05, 0.1) is 4.90 Å². The molecule has 6 nitrogen and oxygen atoms in total. The first-order valence-electron chi connectivity index (χ1n) is 9.22. The summed E-state index contributed by atoms with van der Waals surface area (Å²) in [5.41, 5.74) is 1.46. The van der Waals surface area contributed by atoms with E-state index in [2.05, 4.69) is 10.3 Å². The van der Waals surface area contributed by atoms with Gasteiger partial charge in [0, 0.05) is 24.0 Å². The molecule has 1 heterocycles. The van der Waals surface area contributed by atoms with Gasteiger partial charge >= 0.3 is 0 Å². The third-order valence-electron chi connectivity index (χ3n) is 4.45. The number of aryl methyl sites for hydroxylation is 1. The highest BCUT2D eigenvalue weighted by atomic mass is 35.5. The van der Waals surface area contributed by atoms with Crippen molar-refractivity contribution in [2.45, 2.75) is 17.1 Å². The Morgan fingerprint density at radius 1 is 1.10 bits per heavy atom. The van der Waals surface area contributed by atoms with Gasteiger partial charge in [-0.2, -0.15) is 0 Å². The van der Waals surface area contributed by atoms with Crippen molar-refractivity contribution in [3.63, 3.8) is 0 Å². The third-order valence-corrected chi connectivity index (χ3v) is 6.82. The second-order valence-corrected chi connectivity index (χ2v) is 9.25. The van der Waals surface area contributed by atoms with Gasteiger partial charge in [-0.3, -0.25) is 9.78 Å².